The predicted octanol–water partition coefficient (Wildman–Crippen LogP) is 1.28. The molecule has 0 spiro atoms. The van der Waals surface area contributed by atoms with Crippen molar-refractivity contribution >= 4 is 11.9 Å². The summed E-state index contributed by atoms with van der Waals surface area (Å²) in [7, 11) is 0. The maximum atomic E-state index is 11.8. The molecule has 1 rings (SSSR count). The molecule has 1 aliphatic carbocycles. The lowest BCUT2D eigenvalue weighted by Crippen LogP contribution is -2.30. The second-order valence-corrected chi connectivity index (χ2v) is 5.37. The molecule has 1 fully saturated rings. The summed E-state index contributed by atoms with van der Waals surface area (Å²) < 4.78 is 5.32. The van der Waals surface area contributed by atoms with Crippen LogP contribution in [-0.4, -0.2) is 36.7 Å². The lowest BCUT2D eigenvalue weighted by molar-refractivity contribution is -0.140. The van der Waals surface area contributed by atoms with Gasteiger partial charge in [-0.1, -0.05) is 27.2 Å². The third-order valence-corrected chi connectivity index (χ3v) is 3.56. The lowest BCUT2D eigenvalue weighted by atomic mass is 10.1. The van der Waals surface area contributed by atoms with Crippen LogP contribution in [0.3, 0.4) is 0 Å². The van der Waals surface area contributed by atoms with Crippen LogP contribution in [-0.2, 0) is 14.3 Å². The van der Waals surface area contributed by atoms with E-state index in [0.717, 1.165) is 12.8 Å². The van der Waals surface area contributed by atoms with E-state index in [0.29, 0.717) is 19.8 Å². The monoisotopic (exact) mass is 257 g/mol. The van der Waals surface area contributed by atoms with E-state index in [9.17, 15) is 9.59 Å². The van der Waals surface area contributed by atoms with E-state index in [-0.39, 0.29) is 5.91 Å². The quantitative estimate of drug-likeness (QED) is 0.642. The van der Waals surface area contributed by atoms with E-state index in [1.165, 1.54) is 0 Å². The Morgan fingerprint density at radius 3 is 2.44 bits per heavy atom. The Labute approximate surface area is 108 Å². The third-order valence-electron chi connectivity index (χ3n) is 3.56. The molecule has 1 saturated carbocycles. The Hall–Kier alpha value is -1.10. The smallest absolute Gasteiger partial charge is 0.307 e. The zero-order valence-electron chi connectivity index (χ0n) is 11.4. The van der Waals surface area contributed by atoms with Gasteiger partial charge in [0.2, 0.25) is 5.91 Å². The van der Waals surface area contributed by atoms with Crippen molar-refractivity contribution in [2.75, 3.05) is 19.8 Å². The highest BCUT2D eigenvalue weighted by atomic mass is 16.5. The SMILES string of the molecule is CCCCOCCNC(=O)C1C(C(=O)O)C1(C)C. The summed E-state index contributed by atoms with van der Waals surface area (Å²) in [5.74, 6) is -2.03. The van der Waals surface area contributed by atoms with E-state index in [4.69, 9.17) is 9.84 Å². The van der Waals surface area contributed by atoms with E-state index >= 15 is 0 Å². The second-order valence-electron chi connectivity index (χ2n) is 5.37. The molecule has 0 saturated heterocycles. The van der Waals surface area contributed by atoms with Crippen LogP contribution >= 0.6 is 0 Å². The van der Waals surface area contributed by atoms with Gasteiger partial charge in [0.05, 0.1) is 18.4 Å². The second kappa shape index (κ2) is 6.18. The van der Waals surface area contributed by atoms with Crippen LogP contribution in [0.5, 0.6) is 0 Å². The molecule has 0 aromatic rings. The minimum Gasteiger partial charge on any atom is -0.481 e. The van der Waals surface area contributed by atoms with E-state index in [1.54, 1.807) is 0 Å². The summed E-state index contributed by atoms with van der Waals surface area (Å²) in [5, 5.41) is 11.7. The first-order valence-electron chi connectivity index (χ1n) is 6.51. The molecule has 2 unspecified atom stereocenters. The van der Waals surface area contributed by atoms with E-state index in [2.05, 4.69) is 12.2 Å². The molecule has 0 aromatic carbocycles. The van der Waals surface area contributed by atoms with Gasteiger partial charge < -0.3 is 15.2 Å². The number of hydrogen-bond acceptors (Lipinski definition) is 3. The van der Waals surface area contributed by atoms with Gasteiger partial charge in [-0.3, -0.25) is 9.59 Å². The molecule has 1 amide bonds. The molecular weight excluding hydrogens is 234 g/mol. The first-order valence-corrected chi connectivity index (χ1v) is 6.51. The van der Waals surface area contributed by atoms with Gasteiger partial charge in [-0.15, -0.1) is 0 Å². The molecule has 0 aromatic heterocycles. The van der Waals surface area contributed by atoms with Crippen LogP contribution in [0, 0.1) is 17.3 Å². The molecule has 0 heterocycles. The molecular formula is C13H23NO4. The van der Waals surface area contributed by atoms with Crippen LogP contribution in [0.25, 0.3) is 0 Å². The number of nitrogens with one attached hydrogen (secondary N) is 1. The highest BCUT2D eigenvalue weighted by molar-refractivity contribution is 5.91. The van der Waals surface area contributed by atoms with E-state index in [1.807, 2.05) is 13.8 Å². The molecule has 5 heteroatoms. The Bertz CT molecular complexity index is 314. The van der Waals surface area contributed by atoms with Crippen molar-refractivity contribution in [1.82, 2.24) is 5.32 Å². The van der Waals surface area contributed by atoms with Gasteiger partial charge >= 0.3 is 5.97 Å². The number of hydrogen-bond donors (Lipinski definition) is 2. The maximum Gasteiger partial charge on any atom is 0.307 e. The zero-order chi connectivity index (χ0) is 13.8. The summed E-state index contributed by atoms with van der Waals surface area (Å²) in [4.78, 5) is 22.7. The molecule has 5 nitrogen and oxygen atoms in total. The first kappa shape index (κ1) is 15.0. The van der Waals surface area contributed by atoms with Gasteiger partial charge in [0.1, 0.15) is 0 Å². The fourth-order valence-electron chi connectivity index (χ4n) is 2.29. The summed E-state index contributed by atoms with van der Waals surface area (Å²) in [5.41, 5.74) is -0.432. The normalized spacial score (nSPS) is 24.6. The highest BCUT2D eigenvalue weighted by Gasteiger charge is 2.65. The number of carbonyl (C=O) groups excluding carboxylic acids is 1. The summed E-state index contributed by atoms with van der Waals surface area (Å²) in [6.45, 7) is 7.35. The van der Waals surface area contributed by atoms with E-state index < -0.39 is 23.2 Å². The van der Waals surface area contributed by atoms with Crippen LogP contribution in [0.15, 0.2) is 0 Å². The number of rotatable bonds is 8. The number of unbranched alkanes of at least 4 members (excludes halogenated alkanes) is 1. The van der Waals surface area contributed by atoms with Gasteiger partial charge in [-0.2, -0.15) is 0 Å². The molecule has 0 aliphatic heterocycles. The van der Waals surface area contributed by atoms with Crippen molar-refractivity contribution in [1.29, 1.82) is 0 Å². The average Bonchev–Trinajstić information content (AvgIpc) is 2.86. The molecule has 2 atom stereocenters. The van der Waals surface area contributed by atoms with Crippen molar-refractivity contribution in [2.45, 2.75) is 33.6 Å². The molecule has 18 heavy (non-hydrogen) atoms. The zero-order valence-corrected chi connectivity index (χ0v) is 11.4. The van der Waals surface area contributed by atoms with Crippen LogP contribution in [0.1, 0.15) is 33.6 Å². The van der Waals surface area contributed by atoms with Gasteiger partial charge in [-0.25, -0.2) is 0 Å². The molecule has 2 N–H and O–H groups in total. The highest BCUT2D eigenvalue weighted by Crippen LogP contribution is 2.58. The largest absolute Gasteiger partial charge is 0.481 e. The lowest BCUT2D eigenvalue weighted by Gasteiger charge is -2.06. The Balaban J connectivity index is 2.21. The standard InChI is InChI=1S/C13H23NO4/c1-4-5-7-18-8-6-14-11(15)9-10(12(16)17)13(9,2)3/h9-10H,4-8H2,1-3H3,(H,14,15)(H,16,17). The minimum absolute atomic E-state index is 0.175. The average molecular weight is 257 g/mol. The van der Waals surface area contributed by atoms with Gasteiger partial charge in [-0.05, 0) is 11.8 Å². The molecule has 0 bridgehead atoms. The van der Waals surface area contributed by atoms with Crippen molar-refractivity contribution < 1.29 is 19.4 Å². The fraction of sp³-hybridized carbons (Fsp3) is 0.846. The summed E-state index contributed by atoms with van der Waals surface area (Å²) >= 11 is 0. The van der Waals surface area contributed by atoms with Crippen LogP contribution < -0.4 is 5.32 Å². The molecule has 104 valence electrons. The number of carbonyl (C=O) groups is 2. The Morgan fingerprint density at radius 1 is 1.28 bits per heavy atom. The first-order chi connectivity index (χ1) is 8.42. The Kier molecular flexibility index (Phi) is 5.14. The third kappa shape index (κ3) is 3.45. The van der Waals surface area contributed by atoms with Crippen molar-refractivity contribution in [3.05, 3.63) is 0 Å². The molecule has 1 aliphatic rings. The number of carboxylic acids is 1. The van der Waals surface area contributed by atoms with Gasteiger partial charge in [0.15, 0.2) is 0 Å². The van der Waals surface area contributed by atoms with Crippen molar-refractivity contribution in [3.63, 3.8) is 0 Å². The minimum atomic E-state index is -0.889. The van der Waals surface area contributed by atoms with Gasteiger partial charge in [0, 0.05) is 13.2 Å². The predicted molar refractivity (Wildman–Crippen MR) is 67.1 cm³/mol. The number of carboxylic acid groups (broad SMARTS) is 1. The Morgan fingerprint density at radius 2 is 1.94 bits per heavy atom. The van der Waals surface area contributed by atoms with Crippen molar-refractivity contribution in [2.24, 2.45) is 17.3 Å². The van der Waals surface area contributed by atoms with Gasteiger partial charge in [0.25, 0.3) is 0 Å². The number of aliphatic carboxylic acids is 1. The topological polar surface area (TPSA) is 75.6 Å². The summed E-state index contributed by atoms with van der Waals surface area (Å²) in [6, 6.07) is 0. The van der Waals surface area contributed by atoms with Crippen LogP contribution in [0.2, 0.25) is 0 Å². The summed E-state index contributed by atoms with van der Waals surface area (Å²) in [6.07, 6.45) is 2.10. The number of amides is 1. The fourth-order valence-corrected chi connectivity index (χ4v) is 2.29. The van der Waals surface area contributed by atoms with Crippen molar-refractivity contribution in [3.8, 4) is 0 Å². The number of ether oxygens (including phenoxy) is 1. The van der Waals surface area contributed by atoms with Crippen LogP contribution in [0.4, 0.5) is 0 Å². The molecule has 0 radical (unpaired) electrons. The maximum absolute atomic E-state index is 11.8.